The number of nitrogens with two attached hydrogens (primary N) is 2. The summed E-state index contributed by atoms with van der Waals surface area (Å²) in [6.07, 6.45) is 0.730. The molecule has 330 valence electrons. The summed E-state index contributed by atoms with van der Waals surface area (Å²) in [5.41, 5.74) is 11.1. The molecule has 0 aromatic heterocycles. The Balaban J connectivity index is 5.85. The van der Waals surface area contributed by atoms with Gasteiger partial charge in [-0.25, -0.2) is 4.79 Å². The number of unbranched alkanes of at least 4 members (excludes halogenated alkanes) is 1. The molecule has 0 aromatic rings. The Bertz CT molecular complexity index is 1450. The van der Waals surface area contributed by atoms with Crippen LogP contribution >= 0.6 is 11.8 Å². The molecule has 0 spiro atoms. The average Bonchev–Trinajstić information content (AvgIpc) is 3.12. The first-order valence-electron chi connectivity index (χ1n) is 18.8. The molecule has 0 aliphatic heterocycles. The molecule has 0 unspecified atom stereocenters. The van der Waals surface area contributed by atoms with Crippen molar-refractivity contribution in [3.05, 3.63) is 0 Å². The maximum absolute atomic E-state index is 13.3. The van der Waals surface area contributed by atoms with E-state index < -0.39 is 127 Å². The van der Waals surface area contributed by atoms with Crippen LogP contribution in [0, 0.1) is 5.92 Å². The number of carboxylic acids is 3. The zero-order valence-electron chi connectivity index (χ0n) is 33.8. The van der Waals surface area contributed by atoms with Gasteiger partial charge in [-0.1, -0.05) is 13.8 Å². The lowest BCUT2D eigenvalue weighted by molar-refractivity contribution is -0.144. The van der Waals surface area contributed by atoms with Gasteiger partial charge in [0.05, 0.1) is 12.5 Å². The van der Waals surface area contributed by atoms with Gasteiger partial charge in [0.2, 0.25) is 41.4 Å². The molecule has 0 radical (unpaired) electrons. The van der Waals surface area contributed by atoms with E-state index in [1.807, 2.05) is 13.8 Å². The van der Waals surface area contributed by atoms with Crippen molar-refractivity contribution in [1.29, 1.82) is 0 Å². The Morgan fingerprint density at radius 1 is 0.534 bits per heavy atom. The fourth-order valence-corrected chi connectivity index (χ4v) is 5.55. The first-order chi connectivity index (χ1) is 27.0. The predicted octanol–water partition coefficient (Wildman–Crippen LogP) is -2.88. The Morgan fingerprint density at radius 3 is 1.48 bits per heavy atom. The zero-order chi connectivity index (χ0) is 44.7. The minimum atomic E-state index is -1.83. The Labute approximate surface area is 341 Å². The van der Waals surface area contributed by atoms with Gasteiger partial charge in [-0.3, -0.25) is 43.2 Å². The van der Waals surface area contributed by atoms with Crippen LogP contribution < -0.4 is 48.7 Å². The molecule has 0 saturated heterocycles. The van der Waals surface area contributed by atoms with Crippen LogP contribution in [0.3, 0.4) is 0 Å². The highest BCUT2D eigenvalue weighted by atomic mass is 32.2. The van der Waals surface area contributed by atoms with Crippen molar-refractivity contribution in [3.63, 3.8) is 0 Å². The van der Waals surface area contributed by atoms with Crippen molar-refractivity contribution in [2.45, 2.75) is 134 Å². The third kappa shape index (κ3) is 21.5. The summed E-state index contributed by atoms with van der Waals surface area (Å²) >= 11 is 1.40. The van der Waals surface area contributed by atoms with Crippen LogP contribution in [-0.4, -0.2) is 141 Å². The lowest BCUT2D eigenvalue weighted by atomic mass is 10.0. The smallest absolute Gasteiger partial charge is 0.326 e. The summed E-state index contributed by atoms with van der Waals surface area (Å²) in [5, 5.41) is 44.7. The Morgan fingerprint density at radius 2 is 0.983 bits per heavy atom. The van der Waals surface area contributed by atoms with Gasteiger partial charge < -0.3 is 64.0 Å². The number of carbonyl (C=O) groups is 10. The second-order valence-electron chi connectivity index (χ2n) is 14.1. The fraction of sp³-hybridized carbons (Fsp3) is 0.714. The summed E-state index contributed by atoms with van der Waals surface area (Å²) < 4.78 is 0. The molecule has 0 bridgehead atoms. The van der Waals surface area contributed by atoms with Gasteiger partial charge in [-0.15, -0.1) is 0 Å². The van der Waals surface area contributed by atoms with Crippen molar-refractivity contribution in [3.8, 4) is 0 Å². The lowest BCUT2D eigenvalue weighted by Crippen LogP contribution is -2.59. The molecule has 7 amide bonds. The van der Waals surface area contributed by atoms with E-state index in [0.29, 0.717) is 18.6 Å². The maximum Gasteiger partial charge on any atom is 0.326 e. The molecule has 0 aromatic carbocycles. The molecule has 0 saturated carbocycles. The van der Waals surface area contributed by atoms with E-state index in [0.717, 1.165) is 0 Å². The molecule has 0 aliphatic rings. The number of carbonyl (C=O) groups excluding carboxylic acids is 7. The minimum Gasteiger partial charge on any atom is -0.481 e. The fourth-order valence-electron chi connectivity index (χ4n) is 5.08. The van der Waals surface area contributed by atoms with E-state index in [9.17, 15) is 63.3 Å². The number of thioether (sulfide) groups is 1. The highest BCUT2D eigenvalue weighted by Crippen LogP contribution is 2.09. The third-order valence-corrected chi connectivity index (χ3v) is 9.00. The van der Waals surface area contributed by atoms with Crippen LogP contribution in [0.4, 0.5) is 0 Å². The summed E-state index contributed by atoms with van der Waals surface area (Å²) in [7, 11) is 0. The number of carboxylic acid groups (broad SMARTS) is 3. The molecule has 14 N–H and O–H groups in total. The van der Waals surface area contributed by atoms with Gasteiger partial charge in [0.15, 0.2) is 0 Å². The average molecular weight is 848 g/mol. The molecule has 8 atom stereocenters. The quantitative estimate of drug-likeness (QED) is 0.0336. The molecular formula is C35H61N9O13S. The zero-order valence-corrected chi connectivity index (χ0v) is 34.6. The molecule has 0 heterocycles. The highest BCUT2D eigenvalue weighted by molar-refractivity contribution is 7.98. The van der Waals surface area contributed by atoms with Crippen molar-refractivity contribution >= 4 is 71.0 Å². The normalized spacial score (nSPS) is 15.1. The third-order valence-electron chi connectivity index (χ3n) is 8.35. The van der Waals surface area contributed by atoms with E-state index in [4.69, 9.17) is 11.5 Å². The number of amides is 7. The van der Waals surface area contributed by atoms with E-state index in [-0.39, 0.29) is 31.7 Å². The largest absolute Gasteiger partial charge is 0.481 e. The molecule has 58 heavy (non-hydrogen) atoms. The minimum absolute atomic E-state index is 0.0111. The van der Waals surface area contributed by atoms with Crippen molar-refractivity contribution in [2.75, 3.05) is 18.6 Å². The van der Waals surface area contributed by atoms with E-state index in [2.05, 4.69) is 37.2 Å². The van der Waals surface area contributed by atoms with Crippen molar-refractivity contribution < 1.29 is 63.3 Å². The van der Waals surface area contributed by atoms with Crippen LogP contribution in [-0.2, 0) is 47.9 Å². The van der Waals surface area contributed by atoms with Crippen LogP contribution in [0.1, 0.15) is 86.0 Å². The van der Waals surface area contributed by atoms with Crippen LogP contribution in [0.25, 0.3) is 0 Å². The van der Waals surface area contributed by atoms with Gasteiger partial charge in [0.25, 0.3) is 0 Å². The van der Waals surface area contributed by atoms with Gasteiger partial charge in [0, 0.05) is 6.42 Å². The van der Waals surface area contributed by atoms with Crippen molar-refractivity contribution in [2.24, 2.45) is 17.4 Å². The highest BCUT2D eigenvalue weighted by Gasteiger charge is 2.33. The number of nitrogens with one attached hydrogen (secondary N) is 7. The molecule has 0 aliphatic carbocycles. The second-order valence-corrected chi connectivity index (χ2v) is 15.1. The SMILES string of the molecule is CSCC[C@H](NC(=O)[C@H](CC(C)C)NC(=O)[C@H](C)N)C(=O)N[C@@H](C)C(=O)N[C@@H](C)C(=O)N[C@@H](CCC(=O)O)C(=O)N[C@@H](CC(=O)O)C(=O)N[C@@H](CCCCN)C(=O)O. The molecule has 22 nitrogen and oxygen atoms in total. The summed E-state index contributed by atoms with van der Waals surface area (Å²) in [5.74, 6) is -10.0. The van der Waals surface area contributed by atoms with Crippen LogP contribution in [0.5, 0.6) is 0 Å². The van der Waals surface area contributed by atoms with E-state index >= 15 is 0 Å². The number of hydrogen-bond acceptors (Lipinski definition) is 13. The van der Waals surface area contributed by atoms with Gasteiger partial charge in [-0.2, -0.15) is 11.8 Å². The maximum atomic E-state index is 13.3. The Hall–Kier alpha value is -5.03. The first kappa shape index (κ1) is 53.0. The summed E-state index contributed by atoms with van der Waals surface area (Å²) in [6, 6.07) is -10.6. The summed E-state index contributed by atoms with van der Waals surface area (Å²) in [6.45, 7) is 7.93. The monoisotopic (exact) mass is 847 g/mol. The topological polar surface area (TPSA) is 368 Å². The number of rotatable bonds is 29. The number of aliphatic carboxylic acids is 3. The molecular weight excluding hydrogens is 787 g/mol. The second kappa shape index (κ2) is 27.6. The van der Waals surface area contributed by atoms with Crippen LogP contribution in [0.2, 0.25) is 0 Å². The van der Waals surface area contributed by atoms with Gasteiger partial charge >= 0.3 is 17.9 Å². The standard InChI is InChI=1S/C35H61N9O13S/c1-17(2)15-24(43-28(49)18(3)37)33(54)41-22(12-14-58-6)31(52)39-19(4)29(50)38-20(5)30(51)40-21(10-11-26(45)46)32(53)44-25(16-27(47)48)34(55)42-23(35(56)57)9-7-8-13-36/h17-25H,7-16,36-37H2,1-6H3,(H,38,50)(H,39,52)(H,40,51)(H,41,54)(H,42,55)(H,43,49)(H,44,53)(H,45,46)(H,47,48)(H,56,57)/t18-,19-,20-,21-,22-,23-,24-,25-/m0/s1. The molecule has 0 fully saturated rings. The van der Waals surface area contributed by atoms with E-state index in [1.165, 1.54) is 32.5 Å². The molecule has 0 rings (SSSR count). The number of hydrogen-bond donors (Lipinski definition) is 12. The van der Waals surface area contributed by atoms with Gasteiger partial charge in [0.1, 0.15) is 42.3 Å². The van der Waals surface area contributed by atoms with Crippen LogP contribution in [0.15, 0.2) is 0 Å². The van der Waals surface area contributed by atoms with Crippen molar-refractivity contribution in [1.82, 2.24) is 37.2 Å². The molecule has 23 heteroatoms. The predicted molar refractivity (Wildman–Crippen MR) is 211 cm³/mol. The lowest BCUT2D eigenvalue weighted by Gasteiger charge is -2.26. The van der Waals surface area contributed by atoms with Gasteiger partial charge in [-0.05, 0) is 83.8 Å². The van der Waals surface area contributed by atoms with E-state index in [1.54, 1.807) is 6.26 Å². The Kier molecular flexibility index (Phi) is 25.2. The summed E-state index contributed by atoms with van der Waals surface area (Å²) in [4.78, 5) is 126. The first-order valence-corrected chi connectivity index (χ1v) is 20.2.